The van der Waals surface area contributed by atoms with Crippen LogP contribution in [0.1, 0.15) is 16.1 Å². The Kier molecular flexibility index (Phi) is 6.04. The summed E-state index contributed by atoms with van der Waals surface area (Å²) < 4.78 is 0. The van der Waals surface area contributed by atoms with Crippen molar-refractivity contribution < 1.29 is 4.79 Å². The van der Waals surface area contributed by atoms with Gasteiger partial charge in [0.1, 0.15) is 5.69 Å². The Balaban J connectivity index is 1.59. The summed E-state index contributed by atoms with van der Waals surface area (Å²) in [6, 6.07) is 16.3. The largest absolute Gasteiger partial charge is 0.350 e. The molecule has 132 valence electrons. The fourth-order valence-electron chi connectivity index (χ4n) is 2.34. The quantitative estimate of drug-likeness (QED) is 0.654. The van der Waals surface area contributed by atoms with Gasteiger partial charge in [0, 0.05) is 28.5 Å². The molecule has 0 fully saturated rings. The Morgan fingerprint density at radius 3 is 2.54 bits per heavy atom. The van der Waals surface area contributed by atoms with Crippen molar-refractivity contribution in [2.45, 2.75) is 6.42 Å². The summed E-state index contributed by atoms with van der Waals surface area (Å²) in [6.45, 7) is 0.486. The molecule has 1 amide bonds. The molecule has 1 heterocycles. The standard InChI is InChI=1S/C19H16Cl2N4O/c20-14-4-1-3-13(11-14)7-9-22-18(26)17-8-10-23-19(25-17)24-16-6-2-5-15(21)12-16/h1-6,8,10-12H,7,9H2,(H,22,26)(H,23,24,25). The van der Waals surface area contributed by atoms with Crippen molar-refractivity contribution in [3.8, 4) is 0 Å². The highest BCUT2D eigenvalue weighted by Gasteiger charge is 2.09. The number of hydrogen-bond donors (Lipinski definition) is 2. The lowest BCUT2D eigenvalue weighted by Crippen LogP contribution is -2.26. The molecule has 2 aromatic carbocycles. The molecule has 0 saturated heterocycles. The molecule has 0 unspecified atom stereocenters. The molecule has 3 rings (SSSR count). The fraction of sp³-hybridized carbons (Fsp3) is 0.105. The molecule has 0 spiro atoms. The molecular weight excluding hydrogens is 371 g/mol. The third kappa shape index (κ3) is 5.18. The lowest BCUT2D eigenvalue weighted by atomic mass is 10.1. The first-order valence-corrected chi connectivity index (χ1v) is 8.74. The highest BCUT2D eigenvalue weighted by Crippen LogP contribution is 2.17. The molecule has 26 heavy (non-hydrogen) atoms. The van der Waals surface area contributed by atoms with Crippen LogP contribution in [0.25, 0.3) is 0 Å². The molecule has 0 aliphatic heterocycles. The normalized spacial score (nSPS) is 10.4. The number of amides is 1. The summed E-state index contributed by atoms with van der Waals surface area (Å²) in [5.74, 6) is 0.0679. The van der Waals surface area contributed by atoms with Gasteiger partial charge in [0.2, 0.25) is 5.95 Å². The van der Waals surface area contributed by atoms with E-state index in [-0.39, 0.29) is 11.6 Å². The van der Waals surface area contributed by atoms with Crippen LogP contribution in [-0.2, 0) is 6.42 Å². The topological polar surface area (TPSA) is 66.9 Å². The first kappa shape index (κ1) is 18.2. The minimum Gasteiger partial charge on any atom is -0.350 e. The Hall–Kier alpha value is -2.63. The molecule has 0 bridgehead atoms. The number of carbonyl (C=O) groups is 1. The van der Waals surface area contributed by atoms with E-state index in [1.165, 1.54) is 6.20 Å². The zero-order valence-corrected chi connectivity index (χ0v) is 15.3. The van der Waals surface area contributed by atoms with Crippen LogP contribution in [0.4, 0.5) is 11.6 Å². The van der Waals surface area contributed by atoms with Gasteiger partial charge >= 0.3 is 0 Å². The van der Waals surface area contributed by atoms with Crippen LogP contribution in [0.15, 0.2) is 60.8 Å². The molecule has 0 aliphatic carbocycles. The maximum Gasteiger partial charge on any atom is 0.270 e. The highest BCUT2D eigenvalue weighted by molar-refractivity contribution is 6.31. The van der Waals surface area contributed by atoms with Crippen LogP contribution in [0.2, 0.25) is 10.0 Å². The van der Waals surface area contributed by atoms with Crippen LogP contribution in [-0.4, -0.2) is 22.4 Å². The van der Waals surface area contributed by atoms with Crippen molar-refractivity contribution in [2.75, 3.05) is 11.9 Å². The molecule has 0 atom stereocenters. The summed E-state index contributed by atoms with van der Waals surface area (Å²) in [6.07, 6.45) is 2.22. The van der Waals surface area contributed by atoms with E-state index in [0.29, 0.717) is 29.0 Å². The SMILES string of the molecule is O=C(NCCc1cccc(Cl)c1)c1ccnc(Nc2cccc(Cl)c2)n1. The van der Waals surface area contributed by atoms with Gasteiger partial charge in [0.25, 0.3) is 5.91 Å². The van der Waals surface area contributed by atoms with Gasteiger partial charge in [0.05, 0.1) is 0 Å². The first-order valence-electron chi connectivity index (χ1n) is 7.98. The number of rotatable bonds is 6. The van der Waals surface area contributed by atoms with Gasteiger partial charge in [-0.3, -0.25) is 4.79 Å². The van der Waals surface area contributed by atoms with Crippen LogP contribution in [0, 0.1) is 0 Å². The number of halogens is 2. The Bertz CT molecular complexity index is 917. The van der Waals surface area contributed by atoms with E-state index in [9.17, 15) is 4.79 Å². The Labute approximate surface area is 161 Å². The number of carbonyl (C=O) groups excluding carboxylic acids is 1. The minimum absolute atomic E-state index is 0.261. The molecule has 1 aromatic heterocycles. The number of anilines is 2. The molecule has 0 radical (unpaired) electrons. The van der Waals surface area contributed by atoms with E-state index in [2.05, 4.69) is 20.6 Å². The van der Waals surface area contributed by atoms with E-state index in [1.807, 2.05) is 36.4 Å². The van der Waals surface area contributed by atoms with Gasteiger partial charge in [-0.15, -0.1) is 0 Å². The van der Waals surface area contributed by atoms with Crippen LogP contribution < -0.4 is 10.6 Å². The second-order valence-corrected chi connectivity index (χ2v) is 6.41. The van der Waals surface area contributed by atoms with Gasteiger partial charge < -0.3 is 10.6 Å². The van der Waals surface area contributed by atoms with E-state index in [4.69, 9.17) is 23.2 Å². The third-order valence-electron chi connectivity index (χ3n) is 3.56. The zero-order chi connectivity index (χ0) is 18.4. The third-order valence-corrected chi connectivity index (χ3v) is 4.03. The van der Waals surface area contributed by atoms with Crippen LogP contribution in [0.3, 0.4) is 0 Å². The summed E-state index contributed by atoms with van der Waals surface area (Å²) in [4.78, 5) is 20.6. The van der Waals surface area contributed by atoms with Gasteiger partial charge in [-0.1, -0.05) is 41.4 Å². The van der Waals surface area contributed by atoms with Gasteiger partial charge in [-0.05, 0) is 48.4 Å². The van der Waals surface area contributed by atoms with Gasteiger partial charge in [0.15, 0.2) is 0 Å². The molecule has 3 aromatic rings. The number of benzene rings is 2. The fourth-order valence-corrected chi connectivity index (χ4v) is 2.75. The lowest BCUT2D eigenvalue weighted by molar-refractivity contribution is 0.0949. The second kappa shape index (κ2) is 8.65. The monoisotopic (exact) mass is 386 g/mol. The average Bonchev–Trinajstić information content (AvgIpc) is 2.62. The molecular formula is C19H16Cl2N4O. The van der Waals surface area contributed by atoms with Crippen LogP contribution in [0.5, 0.6) is 0 Å². The summed E-state index contributed by atoms with van der Waals surface area (Å²) in [7, 11) is 0. The first-order chi connectivity index (χ1) is 12.6. The van der Waals surface area contributed by atoms with E-state index in [1.54, 1.807) is 18.2 Å². The van der Waals surface area contributed by atoms with Crippen molar-refractivity contribution in [3.63, 3.8) is 0 Å². The van der Waals surface area contributed by atoms with E-state index >= 15 is 0 Å². The number of hydrogen-bond acceptors (Lipinski definition) is 4. The van der Waals surface area contributed by atoms with Crippen molar-refractivity contribution in [1.29, 1.82) is 0 Å². The summed E-state index contributed by atoms with van der Waals surface area (Å²) in [5.41, 5.74) is 2.09. The summed E-state index contributed by atoms with van der Waals surface area (Å²) >= 11 is 11.9. The number of nitrogens with one attached hydrogen (secondary N) is 2. The van der Waals surface area contributed by atoms with Crippen molar-refractivity contribution >= 4 is 40.7 Å². The number of aromatic nitrogens is 2. The molecule has 0 aliphatic rings. The zero-order valence-electron chi connectivity index (χ0n) is 13.7. The van der Waals surface area contributed by atoms with Crippen molar-refractivity contribution in [1.82, 2.24) is 15.3 Å². The molecule has 0 saturated carbocycles. The molecule has 5 nitrogen and oxygen atoms in total. The average molecular weight is 387 g/mol. The lowest BCUT2D eigenvalue weighted by Gasteiger charge is -2.08. The molecule has 2 N–H and O–H groups in total. The van der Waals surface area contributed by atoms with Crippen molar-refractivity contribution in [3.05, 3.63) is 82.1 Å². The summed E-state index contributed by atoms with van der Waals surface area (Å²) in [5, 5.41) is 7.16. The van der Waals surface area contributed by atoms with E-state index in [0.717, 1.165) is 11.3 Å². The van der Waals surface area contributed by atoms with Gasteiger partial charge in [-0.25, -0.2) is 9.97 Å². The van der Waals surface area contributed by atoms with E-state index < -0.39 is 0 Å². The minimum atomic E-state index is -0.261. The van der Waals surface area contributed by atoms with Crippen LogP contribution >= 0.6 is 23.2 Å². The highest BCUT2D eigenvalue weighted by atomic mass is 35.5. The number of nitrogens with zero attached hydrogens (tertiary/aromatic N) is 2. The van der Waals surface area contributed by atoms with Crippen molar-refractivity contribution in [2.24, 2.45) is 0 Å². The predicted molar refractivity (Wildman–Crippen MR) is 104 cm³/mol. The smallest absolute Gasteiger partial charge is 0.270 e. The second-order valence-electron chi connectivity index (χ2n) is 5.54. The maximum atomic E-state index is 12.3. The molecule has 7 heteroatoms. The predicted octanol–water partition coefficient (Wildman–Crippen LogP) is 4.50. The Morgan fingerprint density at radius 1 is 1.00 bits per heavy atom. The Morgan fingerprint density at radius 2 is 1.77 bits per heavy atom. The van der Waals surface area contributed by atoms with Gasteiger partial charge in [-0.2, -0.15) is 0 Å². The maximum absolute atomic E-state index is 12.3.